The minimum Gasteiger partial charge on any atom is -0.457 e. The maximum Gasteiger partial charge on any atom is 0.340 e. The van der Waals surface area contributed by atoms with Gasteiger partial charge in [-0.05, 0) is 48.4 Å². The van der Waals surface area contributed by atoms with Crippen molar-refractivity contribution in [2.45, 2.75) is 13.3 Å². The van der Waals surface area contributed by atoms with Crippen LogP contribution in [0.15, 0.2) is 66.5 Å². The largest absolute Gasteiger partial charge is 0.457 e. The highest BCUT2D eigenvalue weighted by Gasteiger charge is 2.11. The molecule has 1 aromatic carbocycles. The van der Waals surface area contributed by atoms with Crippen molar-refractivity contribution in [2.24, 2.45) is 0 Å². The smallest absolute Gasteiger partial charge is 0.340 e. The monoisotopic (exact) mass is 361 g/mol. The van der Waals surface area contributed by atoms with Gasteiger partial charge in [0.1, 0.15) is 23.3 Å². The molecule has 1 aliphatic rings. The van der Waals surface area contributed by atoms with Crippen LogP contribution in [0.5, 0.6) is 11.5 Å². The summed E-state index contributed by atoms with van der Waals surface area (Å²) in [5.74, 6) is 1.14. The van der Waals surface area contributed by atoms with Gasteiger partial charge < -0.3 is 4.74 Å². The number of anilines is 1. The normalized spacial score (nSPS) is 12.7. The summed E-state index contributed by atoms with van der Waals surface area (Å²) < 4.78 is 5.69. The molecule has 0 aliphatic carbocycles. The molecule has 7 nitrogen and oxygen atoms in total. The number of ether oxygens (including phenoxy) is 1. The van der Waals surface area contributed by atoms with E-state index >= 15 is 0 Å². The fourth-order valence-electron chi connectivity index (χ4n) is 2.42. The molecule has 0 saturated heterocycles. The van der Waals surface area contributed by atoms with Gasteiger partial charge in [-0.1, -0.05) is 13.0 Å². The van der Waals surface area contributed by atoms with Crippen LogP contribution in [0.1, 0.15) is 19.0 Å². The summed E-state index contributed by atoms with van der Waals surface area (Å²) in [6.07, 6.45) is 8.22. The average Bonchev–Trinajstić information content (AvgIpc) is 2.73. The van der Waals surface area contributed by atoms with Crippen LogP contribution in [0.2, 0.25) is 0 Å². The van der Waals surface area contributed by atoms with Gasteiger partial charge in [-0.3, -0.25) is 15.8 Å². The van der Waals surface area contributed by atoms with Crippen LogP contribution in [0.25, 0.3) is 0 Å². The predicted molar refractivity (Wildman–Crippen MR) is 102 cm³/mol. The number of amides is 2. The topological polar surface area (TPSA) is 90.3 Å². The molecule has 0 bridgehead atoms. The van der Waals surface area contributed by atoms with E-state index in [0.717, 1.165) is 6.42 Å². The number of urea groups is 1. The molecule has 7 heteroatoms. The molecule has 2 aromatic rings. The second-order valence-electron chi connectivity index (χ2n) is 5.77. The molecule has 1 aromatic heterocycles. The third-order valence-corrected chi connectivity index (χ3v) is 3.94. The zero-order valence-corrected chi connectivity index (χ0v) is 14.8. The minimum absolute atomic E-state index is 0.237. The molecule has 136 valence electrons. The highest BCUT2D eigenvalue weighted by molar-refractivity contribution is 5.77. The minimum atomic E-state index is -0.237. The first kappa shape index (κ1) is 18.0. The van der Waals surface area contributed by atoms with Crippen molar-refractivity contribution in [1.29, 1.82) is 5.26 Å². The van der Waals surface area contributed by atoms with Crippen molar-refractivity contribution >= 4 is 11.7 Å². The summed E-state index contributed by atoms with van der Waals surface area (Å²) in [5.41, 5.74) is 7.76. The number of hydrogen-bond donors (Lipinski definition) is 2. The maximum atomic E-state index is 12.1. The molecular formula is C20H19N5O2. The quantitative estimate of drug-likeness (QED) is 0.787. The van der Waals surface area contributed by atoms with Gasteiger partial charge in [-0.2, -0.15) is 5.26 Å². The molecular weight excluding hydrogens is 342 g/mol. The number of pyridine rings is 1. The van der Waals surface area contributed by atoms with Crippen molar-refractivity contribution in [2.75, 3.05) is 12.0 Å². The number of benzene rings is 1. The van der Waals surface area contributed by atoms with Crippen molar-refractivity contribution < 1.29 is 9.53 Å². The Kier molecular flexibility index (Phi) is 5.70. The Balaban J connectivity index is 1.52. The molecule has 0 spiro atoms. The first-order valence-corrected chi connectivity index (χ1v) is 8.52. The highest BCUT2D eigenvalue weighted by atomic mass is 16.5. The number of carbonyl (C=O) groups is 1. The number of nitrogens with zero attached hydrogens (tertiary/aromatic N) is 3. The summed E-state index contributed by atoms with van der Waals surface area (Å²) in [4.78, 5) is 17.6. The average molecular weight is 361 g/mol. The first-order valence-electron chi connectivity index (χ1n) is 8.52. The standard InChI is InChI=1S/C20H19N5O2/c1-2-15-8-11-25(12-9-15)20(26)24-23-16-3-5-18(6-4-16)27-19-7-10-22-17(13-19)14-21/h3-11,13,23H,2,12H2,1H3,(H,24,26). The SMILES string of the molecule is CCC1=CCN(C(=O)NNc2ccc(Oc3ccnc(C#N)c3)cc2)C=C1. The second kappa shape index (κ2) is 8.54. The van der Waals surface area contributed by atoms with E-state index in [4.69, 9.17) is 10.00 Å². The number of nitriles is 1. The maximum absolute atomic E-state index is 12.1. The van der Waals surface area contributed by atoms with Gasteiger partial charge in [0.25, 0.3) is 0 Å². The molecule has 3 rings (SSSR count). The van der Waals surface area contributed by atoms with Crippen LogP contribution in [0, 0.1) is 11.3 Å². The first-order chi connectivity index (χ1) is 13.2. The van der Waals surface area contributed by atoms with E-state index in [1.165, 1.54) is 11.8 Å². The Morgan fingerprint density at radius 1 is 1.30 bits per heavy atom. The van der Waals surface area contributed by atoms with Crippen LogP contribution in [0.3, 0.4) is 0 Å². The Labute approximate surface area is 157 Å². The van der Waals surface area contributed by atoms with Crippen molar-refractivity contribution in [3.63, 3.8) is 0 Å². The summed E-state index contributed by atoms with van der Waals surface area (Å²) in [7, 11) is 0. The molecule has 0 saturated carbocycles. The third kappa shape index (κ3) is 4.86. The predicted octanol–water partition coefficient (Wildman–Crippen LogP) is 3.95. The molecule has 0 fully saturated rings. The van der Waals surface area contributed by atoms with E-state index in [9.17, 15) is 4.79 Å². The summed E-state index contributed by atoms with van der Waals surface area (Å²) in [6, 6.07) is 12.1. The second-order valence-corrected chi connectivity index (χ2v) is 5.77. The van der Waals surface area contributed by atoms with Crippen molar-refractivity contribution in [3.8, 4) is 17.6 Å². The molecule has 2 N–H and O–H groups in total. The summed E-state index contributed by atoms with van der Waals surface area (Å²) >= 11 is 0. The van der Waals surface area contributed by atoms with Gasteiger partial charge in [0.05, 0.1) is 5.69 Å². The summed E-state index contributed by atoms with van der Waals surface area (Å²) in [5, 5.41) is 8.87. The van der Waals surface area contributed by atoms with E-state index in [0.29, 0.717) is 29.4 Å². The van der Waals surface area contributed by atoms with Gasteiger partial charge in [0.15, 0.2) is 0 Å². The van der Waals surface area contributed by atoms with Gasteiger partial charge in [0, 0.05) is 25.0 Å². The fourth-order valence-corrected chi connectivity index (χ4v) is 2.42. The van der Waals surface area contributed by atoms with E-state index in [-0.39, 0.29) is 6.03 Å². The molecule has 27 heavy (non-hydrogen) atoms. The Morgan fingerprint density at radius 3 is 2.78 bits per heavy atom. The lowest BCUT2D eigenvalue weighted by molar-refractivity contribution is 0.220. The lowest BCUT2D eigenvalue weighted by Gasteiger charge is -2.21. The number of nitrogens with one attached hydrogen (secondary N) is 2. The van der Waals surface area contributed by atoms with Crippen molar-refractivity contribution in [1.82, 2.24) is 15.3 Å². The molecule has 0 unspecified atom stereocenters. The van der Waals surface area contributed by atoms with Crippen LogP contribution in [-0.4, -0.2) is 22.5 Å². The number of carbonyl (C=O) groups excluding carboxylic acids is 1. The Hall–Kier alpha value is -3.79. The Morgan fingerprint density at radius 2 is 2.11 bits per heavy atom. The van der Waals surface area contributed by atoms with Crippen LogP contribution in [0.4, 0.5) is 10.5 Å². The van der Waals surface area contributed by atoms with Crippen molar-refractivity contribution in [3.05, 3.63) is 72.2 Å². The van der Waals surface area contributed by atoms with Gasteiger partial charge in [-0.25, -0.2) is 9.78 Å². The zero-order valence-electron chi connectivity index (χ0n) is 14.8. The molecule has 2 amide bonds. The van der Waals surface area contributed by atoms with E-state index < -0.39 is 0 Å². The Bertz CT molecular complexity index is 913. The number of hydrogen-bond acceptors (Lipinski definition) is 5. The fraction of sp³-hybridized carbons (Fsp3) is 0.150. The van der Waals surface area contributed by atoms with Crippen LogP contribution < -0.4 is 15.6 Å². The van der Waals surface area contributed by atoms with Crippen LogP contribution >= 0.6 is 0 Å². The summed E-state index contributed by atoms with van der Waals surface area (Å²) in [6.45, 7) is 2.63. The number of rotatable bonds is 5. The van der Waals surface area contributed by atoms with Gasteiger partial charge >= 0.3 is 6.03 Å². The lowest BCUT2D eigenvalue weighted by atomic mass is 10.1. The zero-order chi connectivity index (χ0) is 19.1. The number of allylic oxidation sites excluding steroid dienone is 2. The molecule has 2 heterocycles. The highest BCUT2D eigenvalue weighted by Crippen LogP contribution is 2.23. The number of hydrazine groups is 1. The van der Waals surface area contributed by atoms with E-state index in [2.05, 4.69) is 22.8 Å². The lowest BCUT2D eigenvalue weighted by Crippen LogP contribution is -2.40. The van der Waals surface area contributed by atoms with E-state index in [1.807, 2.05) is 18.2 Å². The van der Waals surface area contributed by atoms with Crippen LogP contribution in [-0.2, 0) is 0 Å². The number of aromatic nitrogens is 1. The molecule has 1 aliphatic heterocycles. The van der Waals surface area contributed by atoms with E-state index in [1.54, 1.807) is 47.5 Å². The van der Waals surface area contributed by atoms with Gasteiger partial charge in [-0.15, -0.1) is 0 Å². The van der Waals surface area contributed by atoms with Gasteiger partial charge in [0.2, 0.25) is 0 Å². The molecule has 0 atom stereocenters. The third-order valence-electron chi connectivity index (χ3n) is 3.94. The molecule has 0 radical (unpaired) electrons.